The summed E-state index contributed by atoms with van der Waals surface area (Å²) in [4.78, 5) is 65.2. The van der Waals surface area contributed by atoms with Gasteiger partial charge in [0.2, 0.25) is 17.6 Å². The average molecular weight is 937 g/mol. The number of imide groups is 1. The minimum Gasteiger partial charge on any atom is -0.371 e. The fourth-order valence-electron chi connectivity index (χ4n) is 10.6. The Morgan fingerprint density at radius 2 is 1.69 bits per heavy atom. The third kappa shape index (κ3) is 8.70. The maximum Gasteiger partial charge on any atom is 0.301 e. The second kappa shape index (κ2) is 17.8. The second-order valence-electron chi connectivity index (χ2n) is 18.6. The number of aromatic nitrogens is 2. The molecule has 3 aromatic carbocycles. The van der Waals surface area contributed by atoms with E-state index >= 15 is 8.78 Å². The number of halogens is 3. The molecule has 3 amide bonds. The first-order chi connectivity index (χ1) is 32.2. The highest BCUT2D eigenvalue weighted by molar-refractivity contribution is 7.90. The number of likely N-dealkylation sites (tertiary alicyclic amines) is 1. The van der Waals surface area contributed by atoms with Gasteiger partial charge in [0.1, 0.15) is 23.7 Å². The normalized spacial score (nSPS) is 21.3. The number of amides is 3. The topological polar surface area (TPSA) is 168 Å². The van der Waals surface area contributed by atoms with E-state index in [0.717, 1.165) is 97.2 Å². The van der Waals surface area contributed by atoms with Gasteiger partial charge in [-0.3, -0.25) is 29.2 Å². The number of H-pyrrole nitrogens is 1. The standard InChI is InChI=1S/C49H51F3N8O6S/c1-28-20-31(33-22-37-38(24-54-47(37)53-23-33)46(62)44-39(51)5-6-40(45(44)52)56-67(65,66)59-19-14-35(50)27-59)3-7-41(28)58-17-10-29(11-18-58)25-57-15-12-30(13-16-57)32-2-4-36-34(21-32)26-60(49(36)64)42-8-9-43(61)55-48(42)63/h2-7,20-24,29-30,35,42,56H,8-19,25-27H2,1H3,(H,53,54)(H,55,61,63)/t35-,42?/m1/s1. The molecular weight excluding hydrogens is 886 g/mol. The number of carbonyl (C=O) groups is 4. The molecule has 0 saturated carbocycles. The lowest BCUT2D eigenvalue weighted by atomic mass is 9.87. The quantitative estimate of drug-likeness (QED) is 0.0977. The highest BCUT2D eigenvalue weighted by Gasteiger charge is 2.40. The van der Waals surface area contributed by atoms with Crippen LogP contribution in [0.25, 0.3) is 22.2 Å². The maximum absolute atomic E-state index is 15.8. The lowest BCUT2D eigenvalue weighted by Crippen LogP contribution is -2.52. The number of aromatic amines is 1. The number of benzene rings is 3. The molecule has 2 aromatic heterocycles. The van der Waals surface area contributed by atoms with Crippen LogP contribution in [0.15, 0.2) is 67.0 Å². The summed E-state index contributed by atoms with van der Waals surface area (Å²) in [6.45, 7) is 6.91. The van der Waals surface area contributed by atoms with Crippen molar-refractivity contribution in [2.75, 3.05) is 55.4 Å². The number of alkyl halides is 1. The zero-order valence-electron chi connectivity index (χ0n) is 37.0. The van der Waals surface area contributed by atoms with Gasteiger partial charge in [-0.25, -0.2) is 18.2 Å². The lowest BCUT2D eigenvalue weighted by molar-refractivity contribution is -0.136. The molecule has 10 rings (SSSR count). The van der Waals surface area contributed by atoms with E-state index in [-0.39, 0.29) is 43.3 Å². The monoisotopic (exact) mass is 936 g/mol. The fourth-order valence-corrected chi connectivity index (χ4v) is 11.9. The van der Waals surface area contributed by atoms with Crippen LogP contribution in [0.5, 0.6) is 0 Å². The Morgan fingerprint density at radius 3 is 2.42 bits per heavy atom. The first-order valence-corrected chi connectivity index (χ1v) is 24.4. The van der Waals surface area contributed by atoms with Gasteiger partial charge in [0, 0.05) is 85.8 Å². The number of fused-ring (bicyclic) bond motifs is 2. The van der Waals surface area contributed by atoms with Crippen LogP contribution in [0.4, 0.5) is 24.5 Å². The van der Waals surface area contributed by atoms with Crippen LogP contribution in [0.1, 0.15) is 93.8 Å². The van der Waals surface area contributed by atoms with Gasteiger partial charge in [0.05, 0.1) is 11.3 Å². The Balaban J connectivity index is 0.743. The molecule has 0 bridgehead atoms. The lowest BCUT2D eigenvalue weighted by Gasteiger charge is -2.39. The molecule has 2 atom stereocenters. The van der Waals surface area contributed by atoms with Crippen LogP contribution >= 0.6 is 0 Å². The van der Waals surface area contributed by atoms with Crippen molar-refractivity contribution in [2.45, 2.75) is 76.5 Å². The molecule has 350 valence electrons. The molecule has 5 aromatic rings. The third-order valence-electron chi connectivity index (χ3n) is 14.4. The SMILES string of the molecule is Cc1cc(-c2cnc3[nH]cc(C(=O)c4c(F)ccc(NS(=O)(=O)N5CC[C@@H](F)C5)c4F)c3c2)ccc1N1CCC(CN2CCC(c3ccc4c(c3)CN(C3CCC(=O)NC3=O)C4=O)CC2)CC1. The average Bonchev–Trinajstić information content (AvgIpc) is 4.04. The van der Waals surface area contributed by atoms with Crippen molar-refractivity contribution < 1.29 is 40.8 Å². The Hall–Kier alpha value is -6.11. The largest absolute Gasteiger partial charge is 0.371 e. The molecule has 18 heteroatoms. The third-order valence-corrected chi connectivity index (χ3v) is 15.9. The van der Waals surface area contributed by atoms with Gasteiger partial charge in [0.15, 0.2) is 5.82 Å². The molecule has 67 heavy (non-hydrogen) atoms. The van der Waals surface area contributed by atoms with Gasteiger partial charge < -0.3 is 19.7 Å². The highest BCUT2D eigenvalue weighted by Crippen LogP contribution is 2.37. The number of anilines is 2. The number of carbonyl (C=O) groups excluding carboxylic acids is 4. The van der Waals surface area contributed by atoms with Gasteiger partial charge in [-0.1, -0.05) is 18.2 Å². The van der Waals surface area contributed by atoms with Crippen molar-refractivity contribution in [2.24, 2.45) is 5.92 Å². The number of nitrogens with one attached hydrogen (secondary N) is 3. The van der Waals surface area contributed by atoms with Gasteiger partial charge in [0.25, 0.3) is 5.91 Å². The number of nitrogens with zero attached hydrogens (tertiary/aromatic N) is 5. The molecule has 1 unspecified atom stereocenters. The van der Waals surface area contributed by atoms with Gasteiger partial charge in [-0.15, -0.1) is 0 Å². The molecule has 7 heterocycles. The van der Waals surface area contributed by atoms with Crippen LogP contribution < -0.4 is 14.9 Å². The smallest absolute Gasteiger partial charge is 0.301 e. The Morgan fingerprint density at radius 1 is 0.896 bits per heavy atom. The van der Waals surface area contributed by atoms with Crippen LogP contribution in [-0.2, 0) is 26.3 Å². The summed E-state index contributed by atoms with van der Waals surface area (Å²) in [6, 6.07) is 15.1. The minimum absolute atomic E-state index is 0.00424. The molecule has 5 aliphatic rings. The Kier molecular flexibility index (Phi) is 11.9. The second-order valence-corrected chi connectivity index (χ2v) is 20.3. The fraction of sp³-hybridized carbons (Fsp3) is 0.408. The number of hydrogen-bond acceptors (Lipinski definition) is 9. The van der Waals surface area contributed by atoms with E-state index in [0.29, 0.717) is 47.0 Å². The van der Waals surface area contributed by atoms with Crippen molar-refractivity contribution >= 4 is 56.1 Å². The molecule has 4 saturated heterocycles. The van der Waals surface area contributed by atoms with Crippen LogP contribution in [0, 0.1) is 24.5 Å². The van der Waals surface area contributed by atoms with Gasteiger partial charge in [-0.05, 0) is 129 Å². The molecule has 0 radical (unpaired) electrons. The van der Waals surface area contributed by atoms with E-state index in [4.69, 9.17) is 0 Å². The van der Waals surface area contributed by atoms with Crippen LogP contribution in [0.2, 0.25) is 0 Å². The van der Waals surface area contributed by atoms with E-state index in [9.17, 15) is 32.0 Å². The molecule has 0 spiro atoms. The summed E-state index contributed by atoms with van der Waals surface area (Å²) in [5.74, 6) is -3.39. The Labute approximate surface area is 386 Å². The number of piperidine rings is 3. The number of ketones is 1. The predicted molar refractivity (Wildman–Crippen MR) is 246 cm³/mol. The first-order valence-electron chi connectivity index (χ1n) is 23.0. The van der Waals surface area contributed by atoms with Crippen LogP contribution in [0.3, 0.4) is 0 Å². The number of hydrogen-bond donors (Lipinski definition) is 3. The molecule has 4 fully saturated rings. The number of pyridine rings is 1. The maximum atomic E-state index is 15.8. The van der Waals surface area contributed by atoms with Crippen molar-refractivity contribution in [1.82, 2.24) is 29.4 Å². The first kappa shape index (κ1) is 44.7. The summed E-state index contributed by atoms with van der Waals surface area (Å²) in [6.07, 6.45) is 6.46. The highest BCUT2D eigenvalue weighted by atomic mass is 32.2. The van der Waals surface area contributed by atoms with E-state index in [1.54, 1.807) is 17.2 Å². The van der Waals surface area contributed by atoms with Crippen molar-refractivity contribution in [3.63, 3.8) is 0 Å². The van der Waals surface area contributed by atoms with Crippen molar-refractivity contribution in [1.29, 1.82) is 0 Å². The van der Waals surface area contributed by atoms with E-state index in [1.165, 1.54) is 11.8 Å². The van der Waals surface area contributed by atoms with Crippen molar-refractivity contribution in [3.05, 3.63) is 112 Å². The van der Waals surface area contributed by atoms with E-state index in [2.05, 4.69) is 56.3 Å². The summed E-state index contributed by atoms with van der Waals surface area (Å²) in [7, 11) is -4.36. The summed E-state index contributed by atoms with van der Waals surface area (Å²) in [5, 5.41) is 2.71. The molecular formula is C49H51F3N8O6S. The minimum atomic E-state index is -4.36. The molecule has 5 aliphatic heterocycles. The molecule has 14 nitrogen and oxygen atoms in total. The summed E-state index contributed by atoms with van der Waals surface area (Å²) < 4.78 is 73.3. The van der Waals surface area contributed by atoms with Gasteiger partial charge in [-0.2, -0.15) is 12.7 Å². The van der Waals surface area contributed by atoms with E-state index in [1.807, 2.05) is 16.9 Å². The van der Waals surface area contributed by atoms with Crippen LogP contribution in [-0.4, -0.2) is 114 Å². The summed E-state index contributed by atoms with van der Waals surface area (Å²) in [5.41, 5.74) is 5.33. The number of rotatable bonds is 11. The zero-order chi connectivity index (χ0) is 46.7. The number of aryl methyl sites for hydroxylation is 1. The van der Waals surface area contributed by atoms with Crippen molar-refractivity contribution in [3.8, 4) is 11.1 Å². The molecule has 0 aliphatic carbocycles. The zero-order valence-corrected chi connectivity index (χ0v) is 37.8. The molecule has 3 N–H and O–H groups in total. The van der Waals surface area contributed by atoms with Gasteiger partial charge >= 0.3 is 10.2 Å². The summed E-state index contributed by atoms with van der Waals surface area (Å²) >= 11 is 0. The Bertz CT molecular complexity index is 2930. The van der Waals surface area contributed by atoms with E-state index < -0.39 is 57.0 Å². The predicted octanol–water partition coefficient (Wildman–Crippen LogP) is 6.61.